The molecule has 1 atom stereocenters. The Kier molecular flexibility index (Phi) is 4.72. The molecule has 1 saturated heterocycles. The maximum Gasteiger partial charge on any atom is 0.230 e. The molecule has 0 aromatic rings. The summed E-state index contributed by atoms with van der Waals surface area (Å²) in [6.07, 6.45) is 0. The maximum absolute atomic E-state index is 11.9. The first-order chi connectivity index (χ1) is 8.16. The molecule has 0 saturated carbocycles. The summed E-state index contributed by atoms with van der Waals surface area (Å²) in [7, 11) is -3.50. The van der Waals surface area contributed by atoms with Gasteiger partial charge in [-0.25, -0.2) is 8.42 Å². The van der Waals surface area contributed by atoms with Crippen molar-refractivity contribution in [3.8, 4) is 6.07 Å². The molecule has 18 heavy (non-hydrogen) atoms. The molecule has 0 amide bonds. The topological polar surface area (TPSA) is 84.6 Å². The van der Waals surface area contributed by atoms with Crippen LogP contribution < -0.4 is 0 Å². The van der Waals surface area contributed by atoms with Gasteiger partial charge in [-0.15, -0.1) is 0 Å². The number of nitrogens with zero attached hydrogens (tertiary/aromatic N) is 3. The predicted octanol–water partition coefficient (Wildman–Crippen LogP) is -0.383. The van der Waals surface area contributed by atoms with Gasteiger partial charge in [-0.1, -0.05) is 0 Å². The van der Waals surface area contributed by atoms with Crippen molar-refractivity contribution in [3.05, 3.63) is 0 Å². The van der Waals surface area contributed by atoms with Crippen LogP contribution in [0.5, 0.6) is 0 Å². The fraction of sp³-hybridized carbons (Fsp3) is 0.909. The van der Waals surface area contributed by atoms with Crippen LogP contribution in [0.3, 0.4) is 0 Å². The standard InChI is InChI=1S/C11H21N3O3S/c1-10(8-12)18(16,17)14-6-4-13(5-7-14)9-11(2,3)15/h10,15H,4-7,9H2,1-3H3. The van der Waals surface area contributed by atoms with E-state index in [1.54, 1.807) is 19.9 Å². The van der Waals surface area contributed by atoms with E-state index in [1.807, 2.05) is 4.90 Å². The monoisotopic (exact) mass is 275 g/mol. The molecule has 1 aliphatic rings. The van der Waals surface area contributed by atoms with E-state index in [-0.39, 0.29) is 0 Å². The number of hydrogen-bond donors (Lipinski definition) is 1. The average molecular weight is 275 g/mol. The normalized spacial score (nSPS) is 21.5. The Hall–Kier alpha value is -0.680. The lowest BCUT2D eigenvalue weighted by atomic mass is 10.1. The highest BCUT2D eigenvalue weighted by Gasteiger charge is 2.32. The van der Waals surface area contributed by atoms with Gasteiger partial charge in [-0.05, 0) is 20.8 Å². The van der Waals surface area contributed by atoms with Gasteiger partial charge in [0, 0.05) is 32.7 Å². The van der Waals surface area contributed by atoms with Crippen LogP contribution in [0.1, 0.15) is 20.8 Å². The van der Waals surface area contributed by atoms with Crippen LogP contribution in [0.15, 0.2) is 0 Å². The molecular weight excluding hydrogens is 254 g/mol. The van der Waals surface area contributed by atoms with E-state index < -0.39 is 20.9 Å². The number of nitriles is 1. The molecule has 0 aromatic heterocycles. The van der Waals surface area contributed by atoms with E-state index >= 15 is 0 Å². The van der Waals surface area contributed by atoms with Gasteiger partial charge in [-0.2, -0.15) is 9.57 Å². The second-order valence-corrected chi connectivity index (χ2v) is 7.56. The van der Waals surface area contributed by atoms with Crippen molar-refractivity contribution in [2.45, 2.75) is 31.6 Å². The van der Waals surface area contributed by atoms with Gasteiger partial charge < -0.3 is 5.11 Å². The first-order valence-corrected chi connectivity index (χ1v) is 7.50. The van der Waals surface area contributed by atoms with E-state index in [0.29, 0.717) is 32.7 Å². The van der Waals surface area contributed by atoms with Crippen LogP contribution in [-0.2, 0) is 10.0 Å². The summed E-state index contributed by atoms with van der Waals surface area (Å²) in [6.45, 7) is 7.31. The minimum absolute atomic E-state index is 0.379. The lowest BCUT2D eigenvalue weighted by Crippen LogP contribution is -2.53. The van der Waals surface area contributed by atoms with Gasteiger partial charge in [-0.3, -0.25) is 4.90 Å². The molecule has 0 aromatic carbocycles. The SMILES string of the molecule is CC(C#N)S(=O)(=O)N1CCN(CC(C)(C)O)CC1. The minimum atomic E-state index is -3.50. The second kappa shape index (κ2) is 5.53. The zero-order chi connectivity index (χ0) is 14.0. The first kappa shape index (κ1) is 15.4. The molecule has 1 rings (SSSR count). The van der Waals surface area contributed by atoms with Crippen LogP contribution >= 0.6 is 0 Å². The summed E-state index contributed by atoms with van der Waals surface area (Å²) in [6, 6.07) is 1.77. The van der Waals surface area contributed by atoms with Gasteiger partial charge in [0.15, 0.2) is 5.25 Å². The molecule has 0 spiro atoms. The lowest BCUT2D eigenvalue weighted by molar-refractivity contribution is 0.0262. The van der Waals surface area contributed by atoms with Crippen LogP contribution in [0.25, 0.3) is 0 Å². The number of sulfonamides is 1. The van der Waals surface area contributed by atoms with Gasteiger partial charge >= 0.3 is 0 Å². The molecule has 0 radical (unpaired) electrons. The third kappa shape index (κ3) is 3.92. The third-order valence-corrected chi connectivity index (χ3v) is 5.01. The Labute approximate surface area is 109 Å². The molecule has 1 aliphatic heterocycles. The van der Waals surface area contributed by atoms with Crippen molar-refractivity contribution in [3.63, 3.8) is 0 Å². The first-order valence-electron chi connectivity index (χ1n) is 6.00. The zero-order valence-corrected chi connectivity index (χ0v) is 11.9. The molecule has 104 valence electrons. The molecule has 1 fully saturated rings. The van der Waals surface area contributed by atoms with E-state index in [4.69, 9.17) is 5.26 Å². The number of hydrogen-bond acceptors (Lipinski definition) is 5. The van der Waals surface area contributed by atoms with Crippen LogP contribution in [-0.4, -0.2) is 66.3 Å². The Balaban J connectivity index is 2.58. The van der Waals surface area contributed by atoms with Gasteiger partial charge in [0.1, 0.15) is 0 Å². The predicted molar refractivity (Wildman–Crippen MR) is 68.3 cm³/mol. The fourth-order valence-corrected chi connectivity index (χ4v) is 3.23. The Bertz CT molecular complexity index is 414. The summed E-state index contributed by atoms with van der Waals surface area (Å²) >= 11 is 0. The fourth-order valence-electron chi connectivity index (χ4n) is 1.98. The van der Waals surface area contributed by atoms with Crippen molar-refractivity contribution >= 4 is 10.0 Å². The molecule has 1 N–H and O–H groups in total. The Morgan fingerprint density at radius 3 is 2.22 bits per heavy atom. The Morgan fingerprint density at radius 2 is 1.83 bits per heavy atom. The molecule has 0 bridgehead atoms. The molecule has 1 unspecified atom stereocenters. The van der Waals surface area contributed by atoms with Gasteiger partial charge in [0.05, 0.1) is 11.7 Å². The largest absolute Gasteiger partial charge is 0.389 e. The van der Waals surface area contributed by atoms with Crippen LogP contribution in [0.2, 0.25) is 0 Å². The minimum Gasteiger partial charge on any atom is -0.389 e. The van der Waals surface area contributed by atoms with E-state index in [1.165, 1.54) is 11.2 Å². The summed E-state index contributed by atoms with van der Waals surface area (Å²) in [4.78, 5) is 2.03. The molecular formula is C11H21N3O3S. The van der Waals surface area contributed by atoms with E-state index in [2.05, 4.69) is 0 Å². The smallest absolute Gasteiger partial charge is 0.230 e. The van der Waals surface area contributed by atoms with Crippen molar-refractivity contribution < 1.29 is 13.5 Å². The van der Waals surface area contributed by atoms with E-state index in [9.17, 15) is 13.5 Å². The maximum atomic E-state index is 11.9. The molecule has 6 nitrogen and oxygen atoms in total. The number of rotatable bonds is 4. The number of β-amino-alcohol motifs (C(OH)–C–C–N with tert-alkyl or cyclic N) is 1. The van der Waals surface area contributed by atoms with Crippen molar-refractivity contribution in [1.82, 2.24) is 9.21 Å². The Morgan fingerprint density at radius 1 is 1.33 bits per heavy atom. The third-order valence-electron chi connectivity index (χ3n) is 2.93. The number of piperazine rings is 1. The van der Waals surface area contributed by atoms with Gasteiger partial charge in [0.2, 0.25) is 10.0 Å². The summed E-state index contributed by atoms with van der Waals surface area (Å²) in [5, 5.41) is 17.4. The van der Waals surface area contributed by atoms with Crippen molar-refractivity contribution in [2.24, 2.45) is 0 Å². The summed E-state index contributed by atoms with van der Waals surface area (Å²) < 4.78 is 25.3. The molecule has 0 aliphatic carbocycles. The van der Waals surface area contributed by atoms with Crippen molar-refractivity contribution in [1.29, 1.82) is 5.26 Å². The van der Waals surface area contributed by atoms with Crippen molar-refractivity contribution in [2.75, 3.05) is 32.7 Å². The highest BCUT2D eigenvalue weighted by atomic mass is 32.2. The average Bonchev–Trinajstić information content (AvgIpc) is 2.26. The van der Waals surface area contributed by atoms with Crippen LogP contribution in [0.4, 0.5) is 0 Å². The van der Waals surface area contributed by atoms with Gasteiger partial charge in [0.25, 0.3) is 0 Å². The highest BCUT2D eigenvalue weighted by molar-refractivity contribution is 7.89. The lowest BCUT2D eigenvalue weighted by Gasteiger charge is -2.36. The quantitative estimate of drug-likeness (QED) is 0.756. The highest BCUT2D eigenvalue weighted by Crippen LogP contribution is 2.14. The molecule has 1 heterocycles. The summed E-state index contributed by atoms with van der Waals surface area (Å²) in [5.74, 6) is 0. The second-order valence-electron chi connectivity index (χ2n) is 5.30. The molecule has 7 heteroatoms. The number of aliphatic hydroxyl groups is 1. The van der Waals surface area contributed by atoms with E-state index in [0.717, 1.165) is 0 Å². The van der Waals surface area contributed by atoms with Crippen LogP contribution in [0, 0.1) is 11.3 Å². The summed E-state index contributed by atoms with van der Waals surface area (Å²) in [5.41, 5.74) is -0.777. The zero-order valence-electron chi connectivity index (χ0n) is 11.1.